The van der Waals surface area contributed by atoms with Crippen molar-refractivity contribution in [2.45, 2.75) is 39.0 Å². The highest BCUT2D eigenvalue weighted by Gasteiger charge is 2.19. The van der Waals surface area contributed by atoms with Crippen LogP contribution in [0.4, 0.5) is 0 Å². The van der Waals surface area contributed by atoms with Crippen molar-refractivity contribution in [2.24, 2.45) is 7.05 Å². The zero-order chi connectivity index (χ0) is 18.1. The minimum absolute atomic E-state index is 0.292. The Balaban J connectivity index is 2.16. The molecule has 6 nitrogen and oxygen atoms in total. The van der Waals surface area contributed by atoms with E-state index < -0.39 is 10.0 Å². The maximum Gasteiger partial charge on any atom is 0.240 e. The average Bonchev–Trinajstić information content (AvgIpc) is 2.75. The van der Waals surface area contributed by atoms with Gasteiger partial charge in [-0.1, -0.05) is 0 Å². The van der Waals surface area contributed by atoms with Crippen LogP contribution in [0, 0.1) is 27.7 Å². The van der Waals surface area contributed by atoms with E-state index in [-0.39, 0.29) is 0 Å². The van der Waals surface area contributed by atoms with Gasteiger partial charge < -0.3 is 4.74 Å². The van der Waals surface area contributed by atoms with Crippen LogP contribution in [-0.4, -0.2) is 31.9 Å². The first kappa shape index (κ1) is 18.5. The van der Waals surface area contributed by atoms with Gasteiger partial charge in [-0.15, -0.1) is 0 Å². The lowest BCUT2D eigenvalue weighted by Crippen LogP contribution is -2.27. The SMILES string of the molecule is COc1cc(C)c(S(=O)(=O)NCCc2c(C)nn(C)c2C)cc1C. The van der Waals surface area contributed by atoms with Crippen molar-refractivity contribution >= 4 is 10.0 Å². The maximum absolute atomic E-state index is 12.6. The Bertz CT molecular complexity index is 854. The third-order valence-corrected chi connectivity index (χ3v) is 5.91. The van der Waals surface area contributed by atoms with Gasteiger partial charge in [0.2, 0.25) is 10.0 Å². The van der Waals surface area contributed by atoms with Gasteiger partial charge in [-0.2, -0.15) is 5.10 Å². The minimum Gasteiger partial charge on any atom is -0.496 e. The number of ether oxygens (including phenoxy) is 1. The van der Waals surface area contributed by atoms with Gasteiger partial charge in [0.05, 0.1) is 17.7 Å². The van der Waals surface area contributed by atoms with Gasteiger partial charge in [-0.05, 0) is 62.9 Å². The highest BCUT2D eigenvalue weighted by Crippen LogP contribution is 2.25. The van der Waals surface area contributed by atoms with Gasteiger partial charge in [0.15, 0.2) is 0 Å². The summed E-state index contributed by atoms with van der Waals surface area (Å²) in [5.41, 5.74) is 4.54. The number of hydrogen-bond donors (Lipinski definition) is 1. The van der Waals surface area contributed by atoms with Gasteiger partial charge in [0.25, 0.3) is 0 Å². The monoisotopic (exact) mass is 351 g/mol. The lowest BCUT2D eigenvalue weighted by atomic mass is 10.1. The molecule has 0 saturated heterocycles. The zero-order valence-electron chi connectivity index (χ0n) is 15.1. The van der Waals surface area contributed by atoms with Gasteiger partial charge in [0, 0.05) is 19.3 Å². The minimum atomic E-state index is -3.56. The summed E-state index contributed by atoms with van der Waals surface area (Å²) in [6.45, 7) is 7.86. The predicted molar refractivity (Wildman–Crippen MR) is 94.0 cm³/mol. The van der Waals surface area contributed by atoms with E-state index in [1.807, 2.05) is 32.5 Å². The van der Waals surface area contributed by atoms with Crippen molar-refractivity contribution in [1.29, 1.82) is 0 Å². The Morgan fingerprint density at radius 2 is 1.83 bits per heavy atom. The first-order valence-electron chi connectivity index (χ1n) is 7.81. The molecule has 0 unspecified atom stereocenters. The number of aryl methyl sites for hydroxylation is 4. The normalized spacial score (nSPS) is 11.8. The summed E-state index contributed by atoms with van der Waals surface area (Å²) in [5.74, 6) is 0.688. The van der Waals surface area contributed by atoms with Crippen molar-refractivity contribution in [2.75, 3.05) is 13.7 Å². The molecule has 0 bridgehead atoms. The van der Waals surface area contributed by atoms with E-state index in [1.165, 1.54) is 0 Å². The maximum atomic E-state index is 12.6. The zero-order valence-corrected chi connectivity index (χ0v) is 15.9. The number of benzene rings is 1. The number of nitrogens with zero attached hydrogens (tertiary/aromatic N) is 2. The molecular formula is C17H25N3O3S. The highest BCUT2D eigenvalue weighted by atomic mass is 32.2. The molecule has 1 aromatic heterocycles. The van der Waals surface area contributed by atoms with Crippen LogP contribution < -0.4 is 9.46 Å². The fraction of sp³-hybridized carbons (Fsp3) is 0.471. The van der Waals surface area contributed by atoms with Gasteiger partial charge in [-0.25, -0.2) is 13.1 Å². The molecular weight excluding hydrogens is 326 g/mol. The molecule has 2 rings (SSSR count). The van der Waals surface area contributed by atoms with Crippen LogP contribution in [-0.2, 0) is 23.5 Å². The quantitative estimate of drug-likeness (QED) is 0.866. The predicted octanol–water partition coefficient (Wildman–Crippen LogP) is 2.18. The van der Waals surface area contributed by atoms with Crippen molar-refractivity contribution < 1.29 is 13.2 Å². The summed E-state index contributed by atoms with van der Waals surface area (Å²) in [5, 5.41) is 4.35. The highest BCUT2D eigenvalue weighted by molar-refractivity contribution is 7.89. The van der Waals surface area contributed by atoms with Gasteiger partial charge in [0.1, 0.15) is 5.75 Å². The van der Waals surface area contributed by atoms with Crippen LogP contribution >= 0.6 is 0 Å². The second-order valence-corrected chi connectivity index (χ2v) is 7.74. The molecule has 0 radical (unpaired) electrons. The Hall–Kier alpha value is -1.86. The number of aromatic nitrogens is 2. The second kappa shape index (κ2) is 6.94. The van der Waals surface area contributed by atoms with E-state index >= 15 is 0 Å². The summed E-state index contributed by atoms with van der Waals surface area (Å²) < 4.78 is 34.9. The standard InChI is InChI=1S/C17H25N3O3S/c1-11-10-17(12(2)9-16(11)23-6)24(21,22)18-8-7-15-13(3)19-20(5)14(15)4/h9-10,18H,7-8H2,1-6H3. The van der Waals surface area contributed by atoms with Gasteiger partial charge in [-0.3, -0.25) is 4.68 Å². The molecule has 0 spiro atoms. The summed E-state index contributed by atoms with van der Waals surface area (Å²) in [7, 11) is -0.0957. The van der Waals surface area contributed by atoms with Crippen LogP contribution in [0.1, 0.15) is 28.1 Å². The summed E-state index contributed by atoms with van der Waals surface area (Å²) >= 11 is 0. The third-order valence-electron chi connectivity index (χ3n) is 4.31. The number of rotatable bonds is 6. The topological polar surface area (TPSA) is 73.2 Å². The molecule has 132 valence electrons. The largest absolute Gasteiger partial charge is 0.496 e. The number of methoxy groups -OCH3 is 1. The van der Waals surface area contributed by atoms with Crippen molar-refractivity contribution in [3.05, 3.63) is 40.2 Å². The Morgan fingerprint density at radius 1 is 1.17 bits per heavy atom. The molecule has 7 heteroatoms. The molecule has 1 aromatic carbocycles. The van der Waals surface area contributed by atoms with E-state index in [0.29, 0.717) is 29.2 Å². The molecule has 0 aliphatic carbocycles. The molecule has 0 fully saturated rings. The number of nitrogens with one attached hydrogen (secondary N) is 1. The van der Waals surface area contributed by atoms with Crippen molar-refractivity contribution in [3.8, 4) is 5.75 Å². The third kappa shape index (κ3) is 3.62. The van der Waals surface area contributed by atoms with E-state index in [2.05, 4.69) is 9.82 Å². The summed E-state index contributed by atoms with van der Waals surface area (Å²) in [6, 6.07) is 3.40. The lowest BCUT2D eigenvalue weighted by molar-refractivity contribution is 0.411. The fourth-order valence-corrected chi connectivity index (χ4v) is 4.18. The van der Waals surface area contributed by atoms with E-state index in [1.54, 1.807) is 26.2 Å². The first-order valence-corrected chi connectivity index (χ1v) is 9.29. The van der Waals surface area contributed by atoms with Crippen LogP contribution in [0.5, 0.6) is 5.75 Å². The molecule has 0 amide bonds. The van der Waals surface area contributed by atoms with E-state index in [0.717, 1.165) is 22.5 Å². The Kier molecular flexibility index (Phi) is 5.35. The summed E-state index contributed by atoms with van der Waals surface area (Å²) in [6.07, 6.45) is 0.610. The molecule has 0 aliphatic heterocycles. The van der Waals surface area contributed by atoms with Crippen LogP contribution in [0.3, 0.4) is 0 Å². The van der Waals surface area contributed by atoms with Crippen molar-refractivity contribution in [1.82, 2.24) is 14.5 Å². The van der Waals surface area contributed by atoms with E-state index in [4.69, 9.17) is 4.74 Å². The lowest BCUT2D eigenvalue weighted by Gasteiger charge is -2.13. The van der Waals surface area contributed by atoms with Crippen LogP contribution in [0.2, 0.25) is 0 Å². The molecule has 1 N–H and O–H groups in total. The fourth-order valence-electron chi connectivity index (χ4n) is 2.84. The summed E-state index contributed by atoms with van der Waals surface area (Å²) in [4.78, 5) is 0.292. The second-order valence-electron chi connectivity index (χ2n) is 6.01. The Morgan fingerprint density at radius 3 is 2.38 bits per heavy atom. The molecule has 0 aliphatic rings. The van der Waals surface area contributed by atoms with Crippen LogP contribution in [0.15, 0.2) is 17.0 Å². The molecule has 24 heavy (non-hydrogen) atoms. The molecule has 0 saturated carbocycles. The number of sulfonamides is 1. The van der Waals surface area contributed by atoms with Gasteiger partial charge >= 0.3 is 0 Å². The first-order chi connectivity index (χ1) is 11.2. The smallest absolute Gasteiger partial charge is 0.240 e. The molecule has 0 atom stereocenters. The van der Waals surface area contributed by atoms with Crippen molar-refractivity contribution in [3.63, 3.8) is 0 Å². The molecule has 2 aromatic rings. The molecule has 1 heterocycles. The number of hydrogen-bond acceptors (Lipinski definition) is 4. The van der Waals surface area contributed by atoms with Crippen LogP contribution in [0.25, 0.3) is 0 Å². The Labute approximate surface area is 143 Å². The average molecular weight is 351 g/mol. The van der Waals surface area contributed by atoms with E-state index in [9.17, 15) is 8.42 Å².